The van der Waals surface area contributed by atoms with E-state index in [1.807, 2.05) is 38.1 Å². The summed E-state index contributed by atoms with van der Waals surface area (Å²) in [6.07, 6.45) is 0.895. The van der Waals surface area contributed by atoms with Crippen molar-refractivity contribution in [1.82, 2.24) is 0 Å². The lowest BCUT2D eigenvalue weighted by atomic mass is 10.1. The van der Waals surface area contributed by atoms with Gasteiger partial charge in [-0.3, -0.25) is 9.10 Å². The second-order valence-corrected chi connectivity index (χ2v) is 9.36. The Hall–Kier alpha value is -1.66. The molecular formula is C20H24BrNO3S. The number of benzene rings is 2. The first kappa shape index (κ1) is 20.6. The summed E-state index contributed by atoms with van der Waals surface area (Å²) in [7, 11) is -3.78. The van der Waals surface area contributed by atoms with Crippen LogP contribution in [0, 0.1) is 5.92 Å². The SMILES string of the molecule is CCc1ccc(N(CC(C)C)S(=O)(=O)c2ccc(Br)c(C(C)=O)c2)cc1. The molecule has 4 nitrogen and oxygen atoms in total. The van der Waals surface area contributed by atoms with E-state index in [4.69, 9.17) is 0 Å². The van der Waals surface area contributed by atoms with Crippen molar-refractivity contribution in [2.24, 2.45) is 5.92 Å². The molecule has 0 bridgehead atoms. The zero-order valence-corrected chi connectivity index (χ0v) is 17.9. The van der Waals surface area contributed by atoms with Gasteiger partial charge in [-0.05, 0) is 55.2 Å². The van der Waals surface area contributed by atoms with Gasteiger partial charge in [0.05, 0.1) is 10.6 Å². The molecule has 0 saturated heterocycles. The summed E-state index contributed by atoms with van der Waals surface area (Å²) in [5.74, 6) is -0.0324. The second kappa shape index (κ2) is 8.35. The van der Waals surface area contributed by atoms with Crippen LogP contribution in [0.1, 0.15) is 43.6 Å². The number of carbonyl (C=O) groups excluding carboxylic acids is 1. The van der Waals surface area contributed by atoms with Crippen molar-refractivity contribution in [2.75, 3.05) is 10.8 Å². The first-order chi connectivity index (χ1) is 12.2. The van der Waals surface area contributed by atoms with E-state index in [0.29, 0.717) is 22.3 Å². The molecule has 0 heterocycles. The maximum absolute atomic E-state index is 13.3. The zero-order chi connectivity index (χ0) is 19.5. The minimum atomic E-state index is -3.78. The van der Waals surface area contributed by atoms with Gasteiger partial charge in [0, 0.05) is 16.6 Å². The molecule has 0 aliphatic heterocycles. The minimum Gasteiger partial charge on any atom is -0.294 e. The predicted molar refractivity (Wildman–Crippen MR) is 109 cm³/mol. The van der Waals surface area contributed by atoms with Crippen LogP contribution in [-0.2, 0) is 16.4 Å². The van der Waals surface area contributed by atoms with Gasteiger partial charge in [-0.25, -0.2) is 8.42 Å². The van der Waals surface area contributed by atoms with Gasteiger partial charge >= 0.3 is 0 Å². The molecule has 0 radical (unpaired) electrons. The predicted octanol–water partition coefficient (Wildman–Crippen LogP) is 5.07. The molecule has 26 heavy (non-hydrogen) atoms. The van der Waals surface area contributed by atoms with Crippen molar-refractivity contribution in [2.45, 2.75) is 39.0 Å². The van der Waals surface area contributed by atoms with Crippen molar-refractivity contribution < 1.29 is 13.2 Å². The second-order valence-electron chi connectivity index (χ2n) is 6.65. The molecule has 2 aromatic rings. The number of nitrogens with zero attached hydrogens (tertiary/aromatic N) is 1. The minimum absolute atomic E-state index is 0.117. The summed E-state index contributed by atoms with van der Waals surface area (Å²) in [6.45, 7) is 7.80. The fourth-order valence-corrected chi connectivity index (χ4v) is 4.81. The van der Waals surface area contributed by atoms with E-state index in [-0.39, 0.29) is 16.6 Å². The van der Waals surface area contributed by atoms with Crippen molar-refractivity contribution in [3.8, 4) is 0 Å². The highest BCUT2D eigenvalue weighted by Gasteiger charge is 2.26. The lowest BCUT2D eigenvalue weighted by molar-refractivity contribution is 0.101. The van der Waals surface area contributed by atoms with Crippen molar-refractivity contribution in [3.05, 3.63) is 58.1 Å². The Balaban J connectivity index is 2.55. The third kappa shape index (κ3) is 4.54. The van der Waals surface area contributed by atoms with Gasteiger partial charge in [0.1, 0.15) is 0 Å². The van der Waals surface area contributed by atoms with Crippen LogP contribution >= 0.6 is 15.9 Å². The van der Waals surface area contributed by atoms with Crippen LogP contribution in [0.4, 0.5) is 5.69 Å². The molecule has 0 amide bonds. The normalized spacial score (nSPS) is 11.6. The first-order valence-electron chi connectivity index (χ1n) is 8.59. The number of ketones is 1. The lowest BCUT2D eigenvalue weighted by Crippen LogP contribution is -2.34. The Morgan fingerprint density at radius 3 is 2.23 bits per heavy atom. The fraction of sp³-hybridized carbons (Fsp3) is 0.350. The number of Topliss-reactive ketones (excluding diaryl/α,β-unsaturated/α-hetero) is 1. The number of hydrogen-bond acceptors (Lipinski definition) is 3. The molecule has 0 N–H and O–H groups in total. The molecule has 2 aromatic carbocycles. The van der Waals surface area contributed by atoms with Gasteiger partial charge in [0.2, 0.25) is 0 Å². The van der Waals surface area contributed by atoms with E-state index >= 15 is 0 Å². The van der Waals surface area contributed by atoms with E-state index in [2.05, 4.69) is 22.9 Å². The van der Waals surface area contributed by atoms with Crippen LogP contribution in [0.3, 0.4) is 0 Å². The van der Waals surface area contributed by atoms with Crippen LogP contribution in [0.25, 0.3) is 0 Å². The monoisotopic (exact) mass is 437 g/mol. The third-order valence-electron chi connectivity index (χ3n) is 4.07. The summed E-state index contributed by atoms with van der Waals surface area (Å²) >= 11 is 3.31. The molecule has 0 aliphatic rings. The summed E-state index contributed by atoms with van der Waals surface area (Å²) < 4.78 is 28.6. The number of rotatable bonds is 7. The molecular weight excluding hydrogens is 414 g/mol. The van der Waals surface area contributed by atoms with Gasteiger partial charge in [-0.1, -0.05) is 48.8 Å². The Kier molecular flexibility index (Phi) is 6.64. The van der Waals surface area contributed by atoms with Crippen LogP contribution in [-0.4, -0.2) is 20.7 Å². The van der Waals surface area contributed by atoms with Gasteiger partial charge in [0.25, 0.3) is 10.0 Å². The van der Waals surface area contributed by atoms with E-state index in [9.17, 15) is 13.2 Å². The molecule has 0 fully saturated rings. The molecule has 6 heteroatoms. The summed E-state index contributed by atoms with van der Waals surface area (Å²) in [5, 5.41) is 0. The molecule has 0 saturated carbocycles. The van der Waals surface area contributed by atoms with Crippen molar-refractivity contribution >= 4 is 37.4 Å². The zero-order valence-electron chi connectivity index (χ0n) is 15.5. The summed E-state index contributed by atoms with van der Waals surface area (Å²) in [6, 6.07) is 12.1. The van der Waals surface area contributed by atoms with Crippen LogP contribution in [0.5, 0.6) is 0 Å². The van der Waals surface area contributed by atoms with Crippen LogP contribution in [0.15, 0.2) is 51.8 Å². The molecule has 0 atom stereocenters. The number of carbonyl (C=O) groups is 1. The maximum atomic E-state index is 13.3. The van der Waals surface area contributed by atoms with E-state index in [0.717, 1.165) is 12.0 Å². The van der Waals surface area contributed by atoms with E-state index < -0.39 is 10.0 Å². The largest absolute Gasteiger partial charge is 0.294 e. The topological polar surface area (TPSA) is 54.5 Å². The van der Waals surface area contributed by atoms with Crippen LogP contribution < -0.4 is 4.31 Å². The standard InChI is InChI=1S/C20H24BrNO3S/c1-5-16-6-8-17(9-7-16)22(13-14(2)3)26(24,25)18-10-11-20(21)19(12-18)15(4)23/h6-12,14H,5,13H2,1-4H3. The number of sulfonamides is 1. The van der Waals surface area contributed by atoms with Gasteiger partial charge in [-0.2, -0.15) is 0 Å². The molecule has 0 aromatic heterocycles. The Morgan fingerprint density at radius 2 is 1.73 bits per heavy atom. The molecule has 140 valence electrons. The number of anilines is 1. The average molecular weight is 438 g/mol. The smallest absolute Gasteiger partial charge is 0.264 e. The van der Waals surface area contributed by atoms with E-state index in [1.54, 1.807) is 6.07 Å². The highest BCUT2D eigenvalue weighted by molar-refractivity contribution is 9.10. The molecule has 0 aliphatic carbocycles. The van der Waals surface area contributed by atoms with Crippen LogP contribution in [0.2, 0.25) is 0 Å². The lowest BCUT2D eigenvalue weighted by Gasteiger charge is -2.26. The quantitative estimate of drug-likeness (QED) is 0.568. The Labute approximate surface area is 164 Å². The van der Waals surface area contributed by atoms with E-state index in [1.165, 1.54) is 23.4 Å². The third-order valence-corrected chi connectivity index (χ3v) is 6.55. The molecule has 0 unspecified atom stereocenters. The highest BCUT2D eigenvalue weighted by Crippen LogP contribution is 2.28. The van der Waals surface area contributed by atoms with Gasteiger partial charge < -0.3 is 0 Å². The fourth-order valence-electron chi connectivity index (χ4n) is 2.63. The average Bonchev–Trinajstić information content (AvgIpc) is 2.59. The molecule has 2 rings (SSSR count). The number of hydrogen-bond donors (Lipinski definition) is 0. The number of halogens is 1. The molecule has 0 spiro atoms. The number of aryl methyl sites for hydroxylation is 1. The Morgan fingerprint density at radius 1 is 1.12 bits per heavy atom. The van der Waals surface area contributed by atoms with Crippen molar-refractivity contribution in [3.63, 3.8) is 0 Å². The van der Waals surface area contributed by atoms with Gasteiger partial charge in [-0.15, -0.1) is 0 Å². The maximum Gasteiger partial charge on any atom is 0.264 e. The van der Waals surface area contributed by atoms with Gasteiger partial charge in [0.15, 0.2) is 5.78 Å². The summed E-state index contributed by atoms with van der Waals surface area (Å²) in [4.78, 5) is 11.9. The van der Waals surface area contributed by atoms with Crippen molar-refractivity contribution in [1.29, 1.82) is 0 Å². The highest BCUT2D eigenvalue weighted by atomic mass is 79.9. The summed E-state index contributed by atoms with van der Waals surface area (Å²) in [5.41, 5.74) is 2.14. The Bertz CT molecular complexity index is 890. The first-order valence-corrected chi connectivity index (χ1v) is 10.8.